The van der Waals surface area contributed by atoms with Crippen LogP contribution in [0.2, 0.25) is 0 Å². The molecule has 0 aliphatic rings. The number of aryl methyl sites for hydroxylation is 1. The lowest BCUT2D eigenvalue weighted by Crippen LogP contribution is -2.20. The Morgan fingerprint density at radius 3 is 2.70 bits per heavy atom. The van der Waals surface area contributed by atoms with E-state index in [4.69, 9.17) is 4.74 Å². The Labute approximate surface area is 143 Å². The maximum atomic E-state index is 11.8. The van der Waals surface area contributed by atoms with E-state index in [0.29, 0.717) is 21.5 Å². The van der Waals surface area contributed by atoms with Crippen molar-refractivity contribution in [2.45, 2.75) is 6.92 Å². The van der Waals surface area contributed by atoms with Crippen molar-refractivity contribution < 1.29 is 19.2 Å². The van der Waals surface area contributed by atoms with E-state index in [9.17, 15) is 19.7 Å². The van der Waals surface area contributed by atoms with E-state index in [0.717, 1.165) is 5.56 Å². The van der Waals surface area contributed by atoms with Crippen LogP contribution in [0.3, 0.4) is 0 Å². The molecule has 1 heterocycles. The molecular formula is C14H11BrN2O5S. The normalized spacial score (nSPS) is 10.2. The number of nitro groups is 1. The summed E-state index contributed by atoms with van der Waals surface area (Å²) < 4.78 is 5.55. The fourth-order valence-electron chi connectivity index (χ4n) is 1.65. The van der Waals surface area contributed by atoms with Gasteiger partial charge in [-0.1, -0.05) is 17.4 Å². The van der Waals surface area contributed by atoms with E-state index >= 15 is 0 Å². The van der Waals surface area contributed by atoms with Gasteiger partial charge in [0.15, 0.2) is 6.61 Å². The first-order valence-electron chi connectivity index (χ1n) is 6.34. The van der Waals surface area contributed by atoms with Gasteiger partial charge >= 0.3 is 11.0 Å². The van der Waals surface area contributed by atoms with Gasteiger partial charge < -0.3 is 10.1 Å². The molecule has 0 aliphatic carbocycles. The molecule has 0 aliphatic heterocycles. The summed E-state index contributed by atoms with van der Waals surface area (Å²) in [5.41, 5.74) is 1.59. The molecule has 0 spiro atoms. The van der Waals surface area contributed by atoms with Crippen molar-refractivity contribution in [1.82, 2.24) is 0 Å². The van der Waals surface area contributed by atoms with Gasteiger partial charge in [-0.3, -0.25) is 14.9 Å². The van der Waals surface area contributed by atoms with Crippen LogP contribution in [0.25, 0.3) is 0 Å². The van der Waals surface area contributed by atoms with Crippen molar-refractivity contribution in [3.63, 3.8) is 0 Å². The third-order valence-corrected chi connectivity index (χ3v) is 4.38. The number of nitrogens with zero attached hydrogens (tertiary/aromatic N) is 1. The molecule has 0 atom stereocenters. The molecule has 120 valence electrons. The number of nitrogens with one attached hydrogen (secondary N) is 1. The van der Waals surface area contributed by atoms with Gasteiger partial charge in [0.05, 0.1) is 10.6 Å². The summed E-state index contributed by atoms with van der Waals surface area (Å²) in [6.45, 7) is 1.43. The number of hydrogen-bond donors (Lipinski definition) is 1. The molecule has 0 bridgehead atoms. The monoisotopic (exact) mass is 398 g/mol. The highest BCUT2D eigenvalue weighted by molar-refractivity contribution is 9.10. The highest BCUT2D eigenvalue weighted by atomic mass is 79.9. The van der Waals surface area contributed by atoms with Crippen LogP contribution < -0.4 is 5.32 Å². The van der Waals surface area contributed by atoms with Crippen molar-refractivity contribution in [3.8, 4) is 0 Å². The molecule has 0 saturated heterocycles. The average Bonchev–Trinajstić information content (AvgIpc) is 2.98. The second-order valence-electron chi connectivity index (χ2n) is 4.50. The van der Waals surface area contributed by atoms with Gasteiger partial charge in [-0.05, 0) is 46.6 Å². The number of carbonyl (C=O) groups excluding carboxylic acids is 2. The van der Waals surface area contributed by atoms with Crippen LogP contribution in [-0.4, -0.2) is 23.4 Å². The third-order valence-electron chi connectivity index (χ3n) is 2.71. The van der Waals surface area contributed by atoms with Gasteiger partial charge in [0.25, 0.3) is 5.91 Å². The second kappa shape index (κ2) is 7.34. The van der Waals surface area contributed by atoms with E-state index in [1.807, 2.05) is 19.1 Å². The molecule has 0 unspecified atom stereocenters. The molecule has 2 aromatic rings. The predicted octanol–water partition coefficient (Wildman–Crippen LogP) is 3.52. The minimum Gasteiger partial charge on any atom is -0.451 e. The first kappa shape index (κ1) is 17.1. The zero-order chi connectivity index (χ0) is 17.0. The summed E-state index contributed by atoms with van der Waals surface area (Å²) >= 11 is 4.02. The lowest BCUT2D eigenvalue weighted by Gasteiger charge is -2.08. The van der Waals surface area contributed by atoms with E-state index in [-0.39, 0.29) is 9.88 Å². The van der Waals surface area contributed by atoms with Crippen LogP contribution in [0.4, 0.5) is 10.7 Å². The number of anilines is 1. The molecule has 7 nitrogen and oxygen atoms in total. The number of rotatable bonds is 5. The smallest absolute Gasteiger partial charge is 0.349 e. The lowest BCUT2D eigenvalue weighted by molar-refractivity contribution is -0.380. The highest BCUT2D eigenvalue weighted by Gasteiger charge is 2.17. The van der Waals surface area contributed by atoms with Crippen molar-refractivity contribution in [2.75, 3.05) is 11.9 Å². The summed E-state index contributed by atoms with van der Waals surface area (Å²) in [6.07, 6.45) is 0. The van der Waals surface area contributed by atoms with Gasteiger partial charge in [-0.2, -0.15) is 0 Å². The Hall–Kier alpha value is -2.26. The number of hydrogen-bond acceptors (Lipinski definition) is 6. The maximum absolute atomic E-state index is 11.8. The van der Waals surface area contributed by atoms with Crippen molar-refractivity contribution in [1.29, 1.82) is 0 Å². The topological polar surface area (TPSA) is 98.5 Å². The van der Waals surface area contributed by atoms with Crippen LogP contribution in [-0.2, 0) is 9.53 Å². The van der Waals surface area contributed by atoms with Crippen LogP contribution >= 0.6 is 27.3 Å². The summed E-state index contributed by atoms with van der Waals surface area (Å²) in [7, 11) is 0. The van der Waals surface area contributed by atoms with Crippen LogP contribution in [0.5, 0.6) is 0 Å². The maximum Gasteiger partial charge on any atom is 0.349 e. The summed E-state index contributed by atoms with van der Waals surface area (Å²) in [4.78, 5) is 33.5. The molecule has 23 heavy (non-hydrogen) atoms. The fraction of sp³-hybridized carbons (Fsp3) is 0.143. The van der Waals surface area contributed by atoms with Crippen LogP contribution in [0, 0.1) is 17.0 Å². The molecule has 2 rings (SSSR count). The van der Waals surface area contributed by atoms with E-state index in [1.165, 1.54) is 12.1 Å². The van der Waals surface area contributed by atoms with Gasteiger partial charge in [0.1, 0.15) is 4.88 Å². The number of benzene rings is 1. The lowest BCUT2D eigenvalue weighted by atomic mass is 10.2. The molecule has 0 radical (unpaired) electrons. The molecule has 1 amide bonds. The number of halogens is 1. The number of thiophene rings is 1. The number of amides is 1. The Bertz CT molecular complexity index is 774. The Morgan fingerprint density at radius 1 is 1.35 bits per heavy atom. The summed E-state index contributed by atoms with van der Waals surface area (Å²) in [5.74, 6) is -1.28. The van der Waals surface area contributed by atoms with E-state index in [2.05, 4.69) is 21.2 Å². The molecule has 9 heteroatoms. The number of carbonyl (C=O) groups is 2. The molecule has 1 N–H and O–H groups in total. The van der Waals surface area contributed by atoms with Crippen LogP contribution in [0.1, 0.15) is 15.2 Å². The molecular weight excluding hydrogens is 388 g/mol. The van der Waals surface area contributed by atoms with Gasteiger partial charge in [0.2, 0.25) is 0 Å². The summed E-state index contributed by atoms with van der Waals surface area (Å²) in [6, 6.07) is 7.90. The van der Waals surface area contributed by atoms with Crippen LogP contribution in [0.15, 0.2) is 34.8 Å². The minimum atomic E-state index is -0.777. The minimum absolute atomic E-state index is 0.0704. The number of ether oxygens (including phenoxy) is 1. The first-order chi connectivity index (χ1) is 10.9. The van der Waals surface area contributed by atoms with Crippen molar-refractivity contribution >= 4 is 49.8 Å². The van der Waals surface area contributed by atoms with Gasteiger partial charge in [-0.25, -0.2) is 4.79 Å². The summed E-state index contributed by atoms with van der Waals surface area (Å²) in [5, 5.41) is 13.0. The Balaban J connectivity index is 1.90. The zero-order valence-corrected chi connectivity index (χ0v) is 14.3. The van der Waals surface area contributed by atoms with E-state index in [1.54, 1.807) is 6.07 Å². The Morgan fingerprint density at radius 2 is 2.09 bits per heavy atom. The average molecular weight is 399 g/mol. The predicted molar refractivity (Wildman–Crippen MR) is 88.8 cm³/mol. The Kier molecular flexibility index (Phi) is 5.45. The molecule has 0 fully saturated rings. The van der Waals surface area contributed by atoms with Crippen molar-refractivity contribution in [2.24, 2.45) is 0 Å². The molecule has 1 aromatic carbocycles. The molecule has 1 aromatic heterocycles. The largest absolute Gasteiger partial charge is 0.451 e. The highest BCUT2D eigenvalue weighted by Crippen LogP contribution is 2.25. The zero-order valence-electron chi connectivity index (χ0n) is 11.9. The third kappa shape index (κ3) is 4.60. The SMILES string of the molecule is Cc1ccc(NC(=O)COC(=O)c2ccc([N+](=O)[O-])s2)c(Br)c1. The first-order valence-corrected chi connectivity index (χ1v) is 7.95. The quantitative estimate of drug-likeness (QED) is 0.471. The number of esters is 1. The molecule has 0 saturated carbocycles. The van der Waals surface area contributed by atoms with Crippen molar-refractivity contribution in [3.05, 3.63) is 55.4 Å². The standard InChI is InChI=1S/C14H11BrN2O5S/c1-8-2-3-10(9(15)6-8)16-12(18)7-22-14(19)11-4-5-13(23-11)17(20)21/h2-6H,7H2,1H3,(H,16,18). The second-order valence-corrected chi connectivity index (χ2v) is 6.42. The van der Waals surface area contributed by atoms with E-state index < -0.39 is 23.4 Å². The van der Waals surface area contributed by atoms with Gasteiger partial charge in [-0.15, -0.1) is 0 Å². The fourth-order valence-corrected chi connectivity index (χ4v) is 2.95. The van der Waals surface area contributed by atoms with Gasteiger partial charge in [0, 0.05) is 10.5 Å².